The molecule has 4 aromatic rings. The van der Waals surface area contributed by atoms with Crippen molar-refractivity contribution >= 4 is 34.6 Å². The van der Waals surface area contributed by atoms with Crippen LogP contribution in [-0.4, -0.2) is 18.1 Å². The molecule has 5 nitrogen and oxygen atoms in total. The number of nitrogens with zero attached hydrogens (tertiary/aromatic N) is 1. The zero-order valence-electron chi connectivity index (χ0n) is 14.6. The molecule has 134 valence electrons. The molecule has 1 aromatic heterocycles. The van der Waals surface area contributed by atoms with Crippen LogP contribution >= 0.6 is 0 Å². The van der Waals surface area contributed by atoms with E-state index in [-0.39, 0.29) is 17.6 Å². The summed E-state index contributed by atoms with van der Waals surface area (Å²) >= 11 is 0. The van der Waals surface area contributed by atoms with E-state index in [0.717, 1.165) is 10.8 Å². The second-order valence-electron chi connectivity index (χ2n) is 6.56. The number of benzene rings is 3. The molecule has 0 N–H and O–H groups in total. The molecular formula is C23H13NO4. The molecule has 0 spiro atoms. The second kappa shape index (κ2) is 6.03. The molecule has 5 rings (SSSR count). The van der Waals surface area contributed by atoms with E-state index in [0.29, 0.717) is 34.4 Å². The maximum atomic E-state index is 13.0. The molecule has 0 fully saturated rings. The first-order chi connectivity index (χ1) is 13.7. The Morgan fingerprint density at radius 1 is 0.750 bits per heavy atom. The summed E-state index contributed by atoms with van der Waals surface area (Å²) in [4.78, 5) is 37.9. The molecule has 2 heterocycles. The van der Waals surface area contributed by atoms with Crippen molar-refractivity contribution in [3.05, 3.63) is 89.7 Å². The van der Waals surface area contributed by atoms with Crippen LogP contribution in [0.4, 0.5) is 5.69 Å². The fourth-order valence-corrected chi connectivity index (χ4v) is 3.52. The van der Waals surface area contributed by atoms with Gasteiger partial charge >= 0.3 is 0 Å². The van der Waals surface area contributed by atoms with E-state index in [1.54, 1.807) is 36.4 Å². The number of aldehydes is 1. The largest absolute Gasteiger partial charge is 0.453 e. The van der Waals surface area contributed by atoms with E-state index in [1.165, 1.54) is 4.90 Å². The number of fused-ring (bicyclic) bond motifs is 2. The lowest BCUT2D eigenvalue weighted by atomic mass is 10.0. The van der Waals surface area contributed by atoms with Crippen molar-refractivity contribution in [3.8, 4) is 11.3 Å². The summed E-state index contributed by atoms with van der Waals surface area (Å²) in [7, 11) is 0. The van der Waals surface area contributed by atoms with Crippen molar-refractivity contribution < 1.29 is 18.8 Å². The van der Waals surface area contributed by atoms with Crippen LogP contribution in [0.25, 0.3) is 22.1 Å². The summed E-state index contributed by atoms with van der Waals surface area (Å²) in [6.45, 7) is 0. The molecule has 5 heteroatoms. The standard InChI is InChI=1S/C23H13NO4/c25-13-18-8-10-21(28-18)16-6-9-19-20(12-16)23(27)24(22(19)26)17-7-5-14-3-1-2-4-15(14)11-17/h1-13H. The van der Waals surface area contributed by atoms with Crippen LogP contribution in [0.2, 0.25) is 0 Å². The fraction of sp³-hybridized carbons (Fsp3) is 0. The van der Waals surface area contributed by atoms with E-state index in [4.69, 9.17) is 4.42 Å². The van der Waals surface area contributed by atoms with Gasteiger partial charge in [0.05, 0.1) is 16.8 Å². The van der Waals surface area contributed by atoms with Crippen molar-refractivity contribution in [3.63, 3.8) is 0 Å². The third-order valence-electron chi connectivity index (χ3n) is 4.91. The Bertz CT molecular complexity index is 1280. The van der Waals surface area contributed by atoms with Crippen LogP contribution in [0.5, 0.6) is 0 Å². The summed E-state index contributed by atoms with van der Waals surface area (Å²) in [6.07, 6.45) is 0.618. The van der Waals surface area contributed by atoms with Gasteiger partial charge in [0.15, 0.2) is 12.0 Å². The highest BCUT2D eigenvalue weighted by molar-refractivity contribution is 6.34. The maximum Gasteiger partial charge on any atom is 0.266 e. The van der Waals surface area contributed by atoms with E-state index >= 15 is 0 Å². The molecule has 0 radical (unpaired) electrons. The monoisotopic (exact) mass is 367 g/mol. The minimum absolute atomic E-state index is 0.204. The number of anilines is 1. The van der Waals surface area contributed by atoms with Crippen molar-refractivity contribution in [2.45, 2.75) is 0 Å². The van der Waals surface area contributed by atoms with Gasteiger partial charge in [0, 0.05) is 5.56 Å². The summed E-state index contributed by atoms with van der Waals surface area (Å²) in [6, 6.07) is 21.4. The van der Waals surface area contributed by atoms with Gasteiger partial charge in [-0.15, -0.1) is 0 Å². The highest BCUT2D eigenvalue weighted by atomic mass is 16.3. The molecule has 0 saturated heterocycles. The van der Waals surface area contributed by atoms with Crippen LogP contribution in [0.15, 0.2) is 77.2 Å². The average Bonchev–Trinajstić information content (AvgIpc) is 3.31. The van der Waals surface area contributed by atoms with Crippen molar-refractivity contribution in [1.29, 1.82) is 0 Å². The lowest BCUT2D eigenvalue weighted by Gasteiger charge is -2.14. The number of hydrogen-bond acceptors (Lipinski definition) is 4. The first kappa shape index (κ1) is 16.2. The highest BCUT2D eigenvalue weighted by Crippen LogP contribution is 2.33. The van der Waals surface area contributed by atoms with Gasteiger partial charge in [0.1, 0.15) is 5.76 Å². The Morgan fingerprint density at radius 2 is 1.54 bits per heavy atom. The van der Waals surface area contributed by atoms with Crippen molar-refractivity contribution in [1.82, 2.24) is 0 Å². The van der Waals surface area contributed by atoms with Crippen LogP contribution in [-0.2, 0) is 0 Å². The minimum atomic E-state index is -0.376. The van der Waals surface area contributed by atoms with Gasteiger partial charge in [0.25, 0.3) is 11.8 Å². The first-order valence-corrected chi connectivity index (χ1v) is 8.73. The molecular weight excluding hydrogens is 354 g/mol. The lowest BCUT2D eigenvalue weighted by Crippen LogP contribution is -2.29. The summed E-state index contributed by atoms with van der Waals surface area (Å²) < 4.78 is 5.42. The second-order valence-corrected chi connectivity index (χ2v) is 6.56. The number of carbonyl (C=O) groups excluding carboxylic acids is 3. The number of imide groups is 1. The average molecular weight is 367 g/mol. The molecule has 1 aliphatic rings. The Morgan fingerprint density at radius 3 is 2.32 bits per heavy atom. The van der Waals surface area contributed by atoms with Crippen molar-refractivity contribution in [2.75, 3.05) is 4.90 Å². The summed E-state index contributed by atoms with van der Waals surface area (Å²) in [5.74, 6) is -0.0563. The number of hydrogen-bond donors (Lipinski definition) is 0. The lowest BCUT2D eigenvalue weighted by molar-refractivity contribution is 0.0925. The molecule has 0 atom stereocenters. The molecule has 0 saturated carbocycles. The minimum Gasteiger partial charge on any atom is -0.453 e. The predicted octanol–water partition coefficient (Wildman–Crippen LogP) is 4.71. The zero-order chi connectivity index (χ0) is 19.3. The van der Waals surface area contributed by atoms with Gasteiger partial charge in [-0.2, -0.15) is 0 Å². The number of carbonyl (C=O) groups is 3. The van der Waals surface area contributed by atoms with E-state index in [1.807, 2.05) is 36.4 Å². The Balaban J connectivity index is 1.57. The smallest absolute Gasteiger partial charge is 0.266 e. The van der Waals surface area contributed by atoms with Crippen LogP contribution in [0.1, 0.15) is 31.3 Å². The summed E-state index contributed by atoms with van der Waals surface area (Å²) in [5, 5.41) is 1.99. The van der Waals surface area contributed by atoms with Crippen LogP contribution in [0.3, 0.4) is 0 Å². The normalized spacial score (nSPS) is 13.2. The van der Waals surface area contributed by atoms with Crippen LogP contribution in [0, 0.1) is 0 Å². The molecule has 2 amide bonds. The number of amides is 2. The van der Waals surface area contributed by atoms with Gasteiger partial charge < -0.3 is 4.42 Å². The maximum absolute atomic E-state index is 13.0. The van der Waals surface area contributed by atoms with E-state index in [2.05, 4.69) is 0 Å². The first-order valence-electron chi connectivity index (χ1n) is 8.73. The molecule has 0 bridgehead atoms. The topological polar surface area (TPSA) is 67.6 Å². The molecule has 28 heavy (non-hydrogen) atoms. The highest BCUT2D eigenvalue weighted by Gasteiger charge is 2.37. The predicted molar refractivity (Wildman–Crippen MR) is 105 cm³/mol. The zero-order valence-corrected chi connectivity index (χ0v) is 14.6. The Hall–Kier alpha value is -3.99. The van der Waals surface area contributed by atoms with Crippen LogP contribution < -0.4 is 4.90 Å². The van der Waals surface area contributed by atoms with Crippen molar-refractivity contribution in [2.24, 2.45) is 0 Å². The SMILES string of the molecule is O=Cc1ccc(-c2ccc3c(c2)C(=O)N(c2ccc4ccccc4c2)C3=O)o1. The van der Waals surface area contributed by atoms with E-state index < -0.39 is 0 Å². The quantitative estimate of drug-likeness (QED) is 0.388. The van der Waals surface area contributed by atoms with E-state index in [9.17, 15) is 14.4 Å². The molecule has 3 aromatic carbocycles. The molecule has 1 aliphatic heterocycles. The fourth-order valence-electron chi connectivity index (χ4n) is 3.52. The molecule has 0 unspecified atom stereocenters. The molecule has 0 aliphatic carbocycles. The van der Waals surface area contributed by atoms with Gasteiger partial charge in [-0.25, -0.2) is 4.90 Å². The third kappa shape index (κ3) is 2.37. The van der Waals surface area contributed by atoms with Gasteiger partial charge in [-0.1, -0.05) is 36.4 Å². The Kier molecular flexibility index (Phi) is 3.49. The summed E-state index contributed by atoms with van der Waals surface area (Å²) in [5.41, 5.74) is 1.84. The van der Waals surface area contributed by atoms with Gasteiger partial charge in [0.2, 0.25) is 0 Å². The van der Waals surface area contributed by atoms with Gasteiger partial charge in [-0.3, -0.25) is 14.4 Å². The number of rotatable bonds is 3. The Labute approximate surface area is 159 Å². The van der Waals surface area contributed by atoms with Gasteiger partial charge in [-0.05, 0) is 47.2 Å². The third-order valence-corrected chi connectivity index (χ3v) is 4.91. The number of furan rings is 1.